The van der Waals surface area contributed by atoms with E-state index in [9.17, 15) is 0 Å². The molecule has 2 aliphatic heterocycles. The van der Waals surface area contributed by atoms with Crippen LogP contribution < -0.4 is 9.47 Å². The van der Waals surface area contributed by atoms with Gasteiger partial charge in [-0.1, -0.05) is 6.07 Å². The van der Waals surface area contributed by atoms with Crippen LogP contribution in [-0.2, 0) is 13.1 Å². The monoisotopic (exact) mass is 370 g/mol. The molecule has 5 heteroatoms. The Balaban J connectivity index is 1.23. The Morgan fingerprint density at radius 2 is 1.81 bits per heavy atom. The highest BCUT2D eigenvalue weighted by Crippen LogP contribution is 2.31. The van der Waals surface area contributed by atoms with Gasteiger partial charge in [0.1, 0.15) is 24.7 Å². The van der Waals surface area contributed by atoms with Gasteiger partial charge in [0.05, 0.1) is 6.54 Å². The zero-order valence-corrected chi connectivity index (χ0v) is 16.4. The smallest absolute Gasteiger partial charge is 0.161 e. The number of rotatable bonds is 6. The van der Waals surface area contributed by atoms with E-state index in [1.807, 2.05) is 13.0 Å². The van der Waals surface area contributed by atoms with Gasteiger partial charge >= 0.3 is 0 Å². The number of furan rings is 1. The molecule has 1 fully saturated rings. The lowest BCUT2D eigenvalue weighted by molar-refractivity contribution is 0.139. The molecular formula is C22H30N2O3. The number of piperidine rings is 1. The van der Waals surface area contributed by atoms with Gasteiger partial charge in [-0.05, 0) is 75.6 Å². The van der Waals surface area contributed by atoms with Gasteiger partial charge in [0, 0.05) is 13.1 Å². The van der Waals surface area contributed by atoms with E-state index in [1.165, 1.54) is 18.4 Å². The Bertz CT molecular complexity index is 750. The molecule has 0 bridgehead atoms. The summed E-state index contributed by atoms with van der Waals surface area (Å²) >= 11 is 0. The quantitative estimate of drug-likeness (QED) is 0.775. The molecule has 4 rings (SSSR count). The standard InChI is InChI=1S/C22H30N2O3/c1-17-3-5-20(27-17)16-24-9-7-18(8-10-24)14-23(2)15-19-4-6-21-22(13-19)26-12-11-25-21/h3-6,13,18H,7-12,14-16H2,1-2H3. The van der Waals surface area contributed by atoms with E-state index in [1.54, 1.807) is 0 Å². The summed E-state index contributed by atoms with van der Waals surface area (Å²) in [6, 6.07) is 10.5. The maximum atomic E-state index is 5.71. The molecule has 3 heterocycles. The second-order valence-electron chi connectivity index (χ2n) is 7.91. The molecule has 146 valence electrons. The van der Waals surface area contributed by atoms with Crippen molar-refractivity contribution >= 4 is 0 Å². The van der Waals surface area contributed by atoms with E-state index in [0.29, 0.717) is 13.2 Å². The van der Waals surface area contributed by atoms with Crippen LogP contribution in [0.4, 0.5) is 0 Å². The molecule has 1 saturated heterocycles. The maximum absolute atomic E-state index is 5.71. The summed E-state index contributed by atoms with van der Waals surface area (Å²) in [5.74, 6) is 4.60. The van der Waals surface area contributed by atoms with E-state index < -0.39 is 0 Å². The van der Waals surface area contributed by atoms with Crippen molar-refractivity contribution in [2.75, 3.05) is 39.9 Å². The second-order valence-corrected chi connectivity index (χ2v) is 7.91. The number of ether oxygens (including phenoxy) is 2. The second kappa shape index (κ2) is 8.36. The molecule has 0 aliphatic carbocycles. The molecule has 0 N–H and O–H groups in total. The van der Waals surface area contributed by atoms with Crippen LogP contribution in [0, 0.1) is 12.8 Å². The summed E-state index contributed by atoms with van der Waals surface area (Å²) in [6.45, 7) is 8.63. The third-order valence-corrected chi connectivity index (χ3v) is 5.51. The van der Waals surface area contributed by atoms with Crippen molar-refractivity contribution in [2.45, 2.75) is 32.9 Å². The van der Waals surface area contributed by atoms with Crippen LogP contribution >= 0.6 is 0 Å². The third kappa shape index (κ3) is 4.85. The van der Waals surface area contributed by atoms with Gasteiger partial charge in [0.2, 0.25) is 0 Å². The van der Waals surface area contributed by atoms with Gasteiger partial charge in [-0.25, -0.2) is 0 Å². The van der Waals surface area contributed by atoms with Crippen molar-refractivity contribution in [3.8, 4) is 11.5 Å². The molecule has 2 aliphatic rings. The lowest BCUT2D eigenvalue weighted by atomic mass is 9.96. The van der Waals surface area contributed by atoms with E-state index in [2.05, 4.69) is 41.1 Å². The zero-order valence-electron chi connectivity index (χ0n) is 16.4. The molecule has 1 aromatic carbocycles. The van der Waals surface area contributed by atoms with Crippen molar-refractivity contribution in [1.29, 1.82) is 0 Å². The maximum Gasteiger partial charge on any atom is 0.161 e. The molecule has 0 unspecified atom stereocenters. The van der Waals surface area contributed by atoms with Crippen molar-refractivity contribution in [3.05, 3.63) is 47.4 Å². The summed E-state index contributed by atoms with van der Waals surface area (Å²) in [5.41, 5.74) is 1.28. The summed E-state index contributed by atoms with van der Waals surface area (Å²) in [6.07, 6.45) is 2.51. The first kappa shape index (κ1) is 18.4. The van der Waals surface area contributed by atoms with Crippen LogP contribution in [0.25, 0.3) is 0 Å². The van der Waals surface area contributed by atoms with Crippen LogP contribution in [0.5, 0.6) is 11.5 Å². The van der Waals surface area contributed by atoms with E-state index in [0.717, 1.165) is 61.7 Å². The highest BCUT2D eigenvalue weighted by atomic mass is 16.6. The molecule has 5 nitrogen and oxygen atoms in total. The molecule has 0 spiro atoms. The average Bonchev–Trinajstić information content (AvgIpc) is 3.08. The van der Waals surface area contributed by atoms with Gasteiger partial charge in [-0.3, -0.25) is 4.90 Å². The summed E-state index contributed by atoms with van der Waals surface area (Å²) in [7, 11) is 2.22. The lowest BCUT2D eigenvalue weighted by Gasteiger charge is -2.33. The van der Waals surface area contributed by atoms with E-state index >= 15 is 0 Å². The molecule has 1 aromatic heterocycles. The molecule has 27 heavy (non-hydrogen) atoms. The Morgan fingerprint density at radius 3 is 2.56 bits per heavy atom. The number of fused-ring (bicyclic) bond motifs is 1. The van der Waals surface area contributed by atoms with Crippen molar-refractivity contribution in [1.82, 2.24) is 9.80 Å². The molecular weight excluding hydrogens is 340 g/mol. The minimum absolute atomic E-state index is 0.641. The number of aryl methyl sites for hydroxylation is 1. The Kier molecular flexibility index (Phi) is 5.69. The van der Waals surface area contributed by atoms with Crippen LogP contribution in [0.2, 0.25) is 0 Å². The highest BCUT2D eigenvalue weighted by Gasteiger charge is 2.21. The summed E-state index contributed by atoms with van der Waals surface area (Å²) in [5, 5.41) is 0. The SMILES string of the molecule is Cc1ccc(CN2CCC(CN(C)Cc3ccc4c(c3)OCCO4)CC2)o1. The predicted octanol–water partition coefficient (Wildman–Crippen LogP) is 3.70. The van der Waals surface area contributed by atoms with Gasteiger partial charge in [0.25, 0.3) is 0 Å². The highest BCUT2D eigenvalue weighted by molar-refractivity contribution is 5.43. The fraction of sp³-hybridized carbons (Fsp3) is 0.545. The minimum Gasteiger partial charge on any atom is -0.486 e. The predicted molar refractivity (Wildman–Crippen MR) is 105 cm³/mol. The van der Waals surface area contributed by atoms with Crippen LogP contribution in [-0.4, -0.2) is 49.7 Å². The summed E-state index contributed by atoms with van der Waals surface area (Å²) in [4.78, 5) is 4.94. The molecule has 0 radical (unpaired) electrons. The number of likely N-dealkylation sites (tertiary alicyclic amines) is 1. The van der Waals surface area contributed by atoms with E-state index in [4.69, 9.17) is 13.9 Å². The lowest BCUT2D eigenvalue weighted by Crippen LogP contribution is -2.37. The Morgan fingerprint density at radius 1 is 1.04 bits per heavy atom. The average molecular weight is 370 g/mol. The first-order valence-electron chi connectivity index (χ1n) is 10.0. The minimum atomic E-state index is 0.641. The molecule has 0 saturated carbocycles. The Labute approximate surface area is 161 Å². The first-order chi connectivity index (χ1) is 13.2. The van der Waals surface area contributed by atoms with Crippen molar-refractivity contribution in [2.24, 2.45) is 5.92 Å². The van der Waals surface area contributed by atoms with Crippen molar-refractivity contribution < 1.29 is 13.9 Å². The van der Waals surface area contributed by atoms with Gasteiger partial charge in [-0.2, -0.15) is 0 Å². The molecule has 0 amide bonds. The fourth-order valence-electron chi connectivity index (χ4n) is 4.12. The molecule has 0 atom stereocenters. The normalized spacial score (nSPS) is 18.2. The number of hydrogen-bond donors (Lipinski definition) is 0. The van der Waals surface area contributed by atoms with Crippen LogP contribution in [0.1, 0.15) is 29.9 Å². The van der Waals surface area contributed by atoms with Gasteiger partial charge in [0.15, 0.2) is 11.5 Å². The largest absolute Gasteiger partial charge is 0.486 e. The fourth-order valence-corrected chi connectivity index (χ4v) is 4.12. The van der Waals surface area contributed by atoms with Crippen LogP contribution in [0.15, 0.2) is 34.7 Å². The number of nitrogens with zero attached hydrogens (tertiary/aromatic N) is 2. The Hall–Kier alpha value is -1.98. The van der Waals surface area contributed by atoms with Crippen LogP contribution in [0.3, 0.4) is 0 Å². The number of benzene rings is 1. The summed E-state index contributed by atoms with van der Waals surface area (Å²) < 4.78 is 17.0. The van der Waals surface area contributed by atoms with Crippen molar-refractivity contribution in [3.63, 3.8) is 0 Å². The topological polar surface area (TPSA) is 38.1 Å². The van der Waals surface area contributed by atoms with Gasteiger partial charge < -0.3 is 18.8 Å². The zero-order chi connectivity index (χ0) is 18.6. The number of hydrogen-bond acceptors (Lipinski definition) is 5. The van der Waals surface area contributed by atoms with E-state index in [-0.39, 0.29) is 0 Å². The molecule has 2 aromatic rings. The third-order valence-electron chi connectivity index (χ3n) is 5.51. The first-order valence-corrected chi connectivity index (χ1v) is 10.0. The van der Waals surface area contributed by atoms with Gasteiger partial charge in [-0.15, -0.1) is 0 Å².